The van der Waals surface area contributed by atoms with Crippen LogP contribution in [0.25, 0.3) is 0 Å². The van der Waals surface area contributed by atoms with Crippen LogP contribution in [0.2, 0.25) is 0 Å². The minimum absolute atomic E-state index is 0.657. The first kappa shape index (κ1) is 13.7. The van der Waals surface area contributed by atoms with Gasteiger partial charge in [-0.15, -0.1) is 0 Å². The molecule has 0 atom stereocenters. The second-order valence-corrected chi connectivity index (χ2v) is 4.81. The van der Waals surface area contributed by atoms with Crippen LogP contribution in [-0.2, 0) is 6.54 Å². The minimum atomic E-state index is 0.657. The molecule has 0 aliphatic carbocycles. The molecule has 1 aromatic heterocycles. The third-order valence-corrected chi connectivity index (χ3v) is 3.18. The fourth-order valence-corrected chi connectivity index (χ4v) is 2.01. The van der Waals surface area contributed by atoms with Gasteiger partial charge in [0.2, 0.25) is 0 Å². The Bertz CT molecular complexity index is 518. The Morgan fingerprint density at radius 3 is 2.79 bits per heavy atom. The zero-order chi connectivity index (χ0) is 13.7. The largest absolute Gasteiger partial charge is 0.492 e. The van der Waals surface area contributed by atoms with Crippen LogP contribution in [0.1, 0.15) is 22.5 Å². The van der Waals surface area contributed by atoms with Gasteiger partial charge in [-0.25, -0.2) is 0 Å². The summed E-state index contributed by atoms with van der Waals surface area (Å²) in [5.41, 5.74) is 3.73. The highest BCUT2D eigenvalue weighted by molar-refractivity contribution is 5.41. The number of rotatable bonds is 6. The van der Waals surface area contributed by atoms with Crippen LogP contribution in [0, 0.1) is 20.8 Å². The molecule has 0 aliphatic heterocycles. The van der Waals surface area contributed by atoms with E-state index in [2.05, 4.69) is 38.2 Å². The fraction of sp³-hybridized carbons (Fsp3) is 0.375. The molecular formula is C16H21NO2. The maximum atomic E-state index is 5.82. The van der Waals surface area contributed by atoms with Gasteiger partial charge in [-0.1, -0.05) is 6.07 Å². The topological polar surface area (TPSA) is 34.4 Å². The average molecular weight is 259 g/mol. The first-order valence-corrected chi connectivity index (χ1v) is 6.60. The molecule has 2 aromatic rings. The third kappa shape index (κ3) is 3.86. The Labute approximate surface area is 114 Å². The average Bonchev–Trinajstić information content (AvgIpc) is 2.87. The summed E-state index contributed by atoms with van der Waals surface area (Å²) in [6.07, 6.45) is 1.69. The van der Waals surface area contributed by atoms with Gasteiger partial charge in [0, 0.05) is 6.54 Å². The monoisotopic (exact) mass is 259 g/mol. The van der Waals surface area contributed by atoms with E-state index in [1.807, 2.05) is 12.1 Å². The number of furan rings is 1. The number of nitrogens with one attached hydrogen (secondary N) is 1. The van der Waals surface area contributed by atoms with E-state index in [9.17, 15) is 0 Å². The zero-order valence-corrected chi connectivity index (χ0v) is 11.8. The normalized spacial score (nSPS) is 10.7. The highest BCUT2D eigenvalue weighted by atomic mass is 16.5. The van der Waals surface area contributed by atoms with Gasteiger partial charge in [0.1, 0.15) is 18.1 Å². The maximum absolute atomic E-state index is 5.82. The van der Waals surface area contributed by atoms with Crippen LogP contribution in [0.5, 0.6) is 5.75 Å². The maximum Gasteiger partial charge on any atom is 0.122 e. The van der Waals surface area contributed by atoms with Crippen molar-refractivity contribution in [1.29, 1.82) is 0 Å². The first-order valence-electron chi connectivity index (χ1n) is 6.60. The molecule has 0 aliphatic rings. The van der Waals surface area contributed by atoms with Crippen molar-refractivity contribution in [2.75, 3.05) is 13.2 Å². The van der Waals surface area contributed by atoms with Crippen molar-refractivity contribution in [1.82, 2.24) is 5.32 Å². The number of ether oxygens (including phenoxy) is 1. The molecule has 0 spiro atoms. The van der Waals surface area contributed by atoms with Crippen molar-refractivity contribution in [2.45, 2.75) is 27.3 Å². The van der Waals surface area contributed by atoms with E-state index >= 15 is 0 Å². The fourth-order valence-electron chi connectivity index (χ4n) is 2.01. The highest BCUT2D eigenvalue weighted by Gasteiger charge is 2.03. The Kier molecular flexibility index (Phi) is 4.63. The van der Waals surface area contributed by atoms with Crippen LogP contribution in [0.3, 0.4) is 0 Å². The van der Waals surface area contributed by atoms with E-state index in [-0.39, 0.29) is 0 Å². The smallest absolute Gasteiger partial charge is 0.122 e. The molecule has 0 radical (unpaired) electrons. The molecule has 1 aromatic carbocycles. The summed E-state index contributed by atoms with van der Waals surface area (Å²) in [6.45, 7) is 8.50. The van der Waals surface area contributed by atoms with E-state index in [0.717, 1.165) is 24.6 Å². The summed E-state index contributed by atoms with van der Waals surface area (Å²) < 4.78 is 11.1. The van der Waals surface area contributed by atoms with Crippen molar-refractivity contribution >= 4 is 0 Å². The summed E-state index contributed by atoms with van der Waals surface area (Å²) in [4.78, 5) is 0. The van der Waals surface area contributed by atoms with E-state index in [0.29, 0.717) is 6.61 Å². The number of hydrogen-bond acceptors (Lipinski definition) is 3. The summed E-state index contributed by atoms with van der Waals surface area (Å²) in [7, 11) is 0. The highest BCUT2D eigenvalue weighted by Crippen LogP contribution is 2.22. The number of benzene rings is 1. The summed E-state index contributed by atoms with van der Waals surface area (Å²) in [6, 6.07) is 8.13. The lowest BCUT2D eigenvalue weighted by molar-refractivity contribution is 0.308. The molecule has 0 saturated carbocycles. The van der Waals surface area contributed by atoms with Gasteiger partial charge in [-0.2, -0.15) is 0 Å². The number of hydrogen-bond donors (Lipinski definition) is 1. The Morgan fingerprint density at radius 2 is 2.05 bits per heavy atom. The lowest BCUT2D eigenvalue weighted by Gasteiger charge is -2.12. The first-order chi connectivity index (χ1) is 9.16. The van der Waals surface area contributed by atoms with Gasteiger partial charge < -0.3 is 14.5 Å². The van der Waals surface area contributed by atoms with Crippen LogP contribution < -0.4 is 10.1 Å². The van der Waals surface area contributed by atoms with Crippen LogP contribution in [-0.4, -0.2) is 13.2 Å². The molecular weight excluding hydrogens is 238 g/mol. The molecule has 0 fully saturated rings. The third-order valence-electron chi connectivity index (χ3n) is 3.18. The van der Waals surface area contributed by atoms with Gasteiger partial charge >= 0.3 is 0 Å². The minimum Gasteiger partial charge on any atom is -0.492 e. The summed E-state index contributed by atoms with van der Waals surface area (Å²) in [5, 5.41) is 3.29. The van der Waals surface area contributed by atoms with Gasteiger partial charge in [0.15, 0.2) is 0 Å². The lowest BCUT2D eigenvalue weighted by atomic mass is 10.1. The van der Waals surface area contributed by atoms with Gasteiger partial charge in [0.25, 0.3) is 0 Å². The predicted molar refractivity (Wildman–Crippen MR) is 76.6 cm³/mol. The van der Waals surface area contributed by atoms with Crippen LogP contribution in [0.4, 0.5) is 0 Å². The molecule has 1 N–H and O–H groups in total. The Morgan fingerprint density at radius 1 is 1.21 bits per heavy atom. The zero-order valence-electron chi connectivity index (χ0n) is 11.8. The summed E-state index contributed by atoms with van der Waals surface area (Å²) in [5.74, 6) is 1.93. The second-order valence-electron chi connectivity index (χ2n) is 4.81. The molecule has 0 saturated heterocycles. The molecule has 1 heterocycles. The Balaban J connectivity index is 1.76. The van der Waals surface area contributed by atoms with Crippen LogP contribution >= 0.6 is 0 Å². The van der Waals surface area contributed by atoms with E-state index in [4.69, 9.17) is 9.15 Å². The predicted octanol–water partition coefficient (Wildman–Crippen LogP) is 3.37. The van der Waals surface area contributed by atoms with Crippen molar-refractivity contribution in [3.05, 3.63) is 53.0 Å². The molecule has 0 unspecified atom stereocenters. The molecule has 2 rings (SSSR count). The van der Waals surface area contributed by atoms with Crippen LogP contribution in [0.15, 0.2) is 34.9 Å². The SMILES string of the molecule is Cc1cc(C)c(C)c(OCCNCc2ccco2)c1. The van der Waals surface area contributed by atoms with Crippen molar-refractivity contribution in [3.63, 3.8) is 0 Å². The van der Waals surface area contributed by atoms with Crippen molar-refractivity contribution < 1.29 is 9.15 Å². The lowest BCUT2D eigenvalue weighted by Crippen LogP contribution is -2.20. The molecule has 3 nitrogen and oxygen atoms in total. The molecule has 19 heavy (non-hydrogen) atoms. The quantitative estimate of drug-likeness (QED) is 0.808. The summed E-state index contributed by atoms with van der Waals surface area (Å²) >= 11 is 0. The van der Waals surface area contributed by atoms with E-state index in [1.165, 1.54) is 16.7 Å². The molecule has 0 amide bonds. The van der Waals surface area contributed by atoms with E-state index < -0.39 is 0 Å². The molecule has 3 heteroatoms. The van der Waals surface area contributed by atoms with Gasteiger partial charge in [0.05, 0.1) is 12.8 Å². The van der Waals surface area contributed by atoms with Gasteiger partial charge in [-0.05, 0) is 55.7 Å². The standard InChI is InChI=1S/C16H21NO2/c1-12-9-13(2)14(3)16(10-12)19-8-6-17-11-15-5-4-7-18-15/h4-5,7,9-10,17H,6,8,11H2,1-3H3. The molecule has 102 valence electrons. The van der Waals surface area contributed by atoms with Gasteiger partial charge in [-0.3, -0.25) is 0 Å². The molecule has 0 bridgehead atoms. The second kappa shape index (κ2) is 6.43. The van der Waals surface area contributed by atoms with E-state index in [1.54, 1.807) is 6.26 Å². The van der Waals surface area contributed by atoms with Crippen molar-refractivity contribution in [3.8, 4) is 5.75 Å². The van der Waals surface area contributed by atoms with Crippen molar-refractivity contribution in [2.24, 2.45) is 0 Å². The number of aryl methyl sites for hydroxylation is 2. The Hall–Kier alpha value is -1.74.